The number of allylic oxidation sites excluding steroid dienone is 22. The molecule has 5 heteroatoms. The Labute approximate surface area is 432 Å². The average molecular weight is 968 g/mol. The fourth-order valence-corrected chi connectivity index (χ4v) is 7.64. The van der Waals surface area contributed by atoms with Crippen molar-refractivity contribution in [3.63, 3.8) is 0 Å². The van der Waals surface area contributed by atoms with Gasteiger partial charge in [0.05, 0.1) is 6.61 Å². The number of carbonyl (C=O) groups excluding carboxylic acids is 2. The monoisotopic (exact) mass is 967 g/mol. The predicted octanol–water partition coefficient (Wildman–Crippen LogP) is 19.6. The number of carbonyl (C=O) groups is 2. The van der Waals surface area contributed by atoms with Gasteiger partial charge >= 0.3 is 11.9 Å². The fraction of sp³-hybridized carbons (Fsp3) is 0.631. The Morgan fingerprint density at radius 3 is 0.929 bits per heavy atom. The lowest BCUT2D eigenvalue weighted by Gasteiger charge is -2.15. The quantitative estimate of drug-likeness (QED) is 0.0374. The molecule has 0 fully saturated rings. The molecule has 0 aliphatic rings. The van der Waals surface area contributed by atoms with Gasteiger partial charge in [0.25, 0.3) is 0 Å². The van der Waals surface area contributed by atoms with Crippen LogP contribution >= 0.6 is 0 Å². The predicted molar refractivity (Wildman–Crippen MR) is 306 cm³/mol. The Kier molecular flexibility index (Phi) is 56.0. The molecule has 1 N–H and O–H groups in total. The molecule has 0 amide bonds. The van der Waals surface area contributed by atoms with E-state index < -0.39 is 6.10 Å². The van der Waals surface area contributed by atoms with E-state index >= 15 is 0 Å². The Morgan fingerprint density at radius 2 is 0.614 bits per heavy atom. The molecule has 0 bridgehead atoms. The first-order chi connectivity index (χ1) is 34.6. The number of esters is 2. The molecular formula is C65H106O5. The maximum absolute atomic E-state index is 12.3. The van der Waals surface area contributed by atoms with Gasteiger partial charge in [-0.15, -0.1) is 0 Å². The van der Waals surface area contributed by atoms with Crippen LogP contribution in [0.5, 0.6) is 0 Å². The van der Waals surface area contributed by atoms with Crippen molar-refractivity contribution in [3.05, 3.63) is 134 Å². The summed E-state index contributed by atoms with van der Waals surface area (Å²) in [5.74, 6) is -0.613. The molecule has 0 aliphatic carbocycles. The Hall–Kier alpha value is -3.96. The van der Waals surface area contributed by atoms with Crippen LogP contribution in [0, 0.1) is 0 Å². The summed E-state index contributed by atoms with van der Waals surface area (Å²) >= 11 is 0. The van der Waals surface area contributed by atoms with Gasteiger partial charge in [0, 0.05) is 12.8 Å². The first-order valence-corrected chi connectivity index (χ1v) is 28.7. The second-order valence-electron chi connectivity index (χ2n) is 18.6. The number of unbranched alkanes of at least 4 members (excludes halogenated alkanes) is 21. The molecule has 0 aromatic heterocycles. The van der Waals surface area contributed by atoms with Gasteiger partial charge in [-0.3, -0.25) is 9.59 Å². The highest BCUT2D eigenvalue weighted by molar-refractivity contribution is 5.70. The third kappa shape index (κ3) is 56.6. The van der Waals surface area contributed by atoms with Crippen LogP contribution in [-0.2, 0) is 19.1 Å². The maximum atomic E-state index is 12.3. The van der Waals surface area contributed by atoms with E-state index in [-0.39, 0.29) is 25.2 Å². The van der Waals surface area contributed by atoms with Crippen molar-refractivity contribution >= 4 is 11.9 Å². The van der Waals surface area contributed by atoms with E-state index in [2.05, 4.69) is 148 Å². The summed E-state index contributed by atoms with van der Waals surface area (Å²) in [5.41, 5.74) is 0. The zero-order chi connectivity index (χ0) is 50.6. The lowest BCUT2D eigenvalue weighted by atomic mass is 10.1. The van der Waals surface area contributed by atoms with Crippen molar-refractivity contribution in [2.45, 2.75) is 251 Å². The molecule has 0 spiro atoms. The van der Waals surface area contributed by atoms with E-state index in [0.29, 0.717) is 12.8 Å². The highest BCUT2D eigenvalue weighted by Crippen LogP contribution is 2.14. The molecule has 0 aromatic carbocycles. The molecular weight excluding hydrogens is 861 g/mol. The van der Waals surface area contributed by atoms with E-state index in [0.717, 1.165) is 109 Å². The molecule has 0 rings (SSSR count). The van der Waals surface area contributed by atoms with E-state index in [1.807, 2.05) is 0 Å². The summed E-state index contributed by atoms with van der Waals surface area (Å²) in [7, 11) is 0. The fourth-order valence-electron chi connectivity index (χ4n) is 7.64. The summed E-state index contributed by atoms with van der Waals surface area (Å²) in [6.45, 7) is 4.00. The highest BCUT2D eigenvalue weighted by atomic mass is 16.6. The lowest BCUT2D eigenvalue weighted by molar-refractivity contribution is -0.161. The normalized spacial score (nSPS) is 13.2. The Morgan fingerprint density at radius 1 is 0.343 bits per heavy atom. The standard InChI is InChI=1S/C65H106O5/c1-3-5-7-9-11-13-15-17-19-21-23-25-26-27-28-29-30-31-32-33-34-35-36-37-38-40-42-44-46-48-50-52-54-56-58-60-65(68)70-63(61-66)62-69-64(67)59-57-55-53-51-49-47-45-43-41-39-24-22-20-18-16-14-12-10-8-6-4-2/h5,7,11,13,16-19,22-25,27-28,30-31,33-34,36-37,40,42,63,66H,3-4,6,8-10,12,14-15,20-21,26,29,32,35,38-39,41,43-62H2,1-2H3/b7-5-,13-11-,18-16-,19-17-,24-22-,25-23-,28-27-,31-30-,34-33-,37-36-,42-40-. The number of hydrogen-bond donors (Lipinski definition) is 1. The van der Waals surface area contributed by atoms with Crippen molar-refractivity contribution < 1.29 is 24.2 Å². The minimum atomic E-state index is -0.790. The van der Waals surface area contributed by atoms with Crippen molar-refractivity contribution in [3.8, 4) is 0 Å². The SMILES string of the molecule is CC/C=C\C/C=C\C/C=C\C/C=C\C/C=C\C/C=C\C/C=C\C/C=C\C/C=C\CCCCCCCCCC(=O)OC(CO)COC(=O)CCCCCCCCCCC/C=C\C/C=C\CCCCCCC. The summed E-state index contributed by atoms with van der Waals surface area (Å²) in [6.07, 6.45) is 88.4. The van der Waals surface area contributed by atoms with E-state index in [4.69, 9.17) is 9.47 Å². The van der Waals surface area contributed by atoms with Crippen molar-refractivity contribution in [1.82, 2.24) is 0 Å². The van der Waals surface area contributed by atoms with Crippen molar-refractivity contribution in [2.75, 3.05) is 13.2 Å². The minimum absolute atomic E-state index is 0.0799. The molecule has 0 heterocycles. The summed E-state index contributed by atoms with van der Waals surface area (Å²) in [6, 6.07) is 0. The van der Waals surface area contributed by atoms with Crippen LogP contribution < -0.4 is 0 Å². The number of ether oxygens (including phenoxy) is 2. The van der Waals surface area contributed by atoms with Gasteiger partial charge in [-0.25, -0.2) is 0 Å². The lowest BCUT2D eigenvalue weighted by Crippen LogP contribution is -2.28. The zero-order valence-corrected chi connectivity index (χ0v) is 45.2. The average Bonchev–Trinajstić information content (AvgIpc) is 3.36. The molecule has 396 valence electrons. The summed E-state index contributed by atoms with van der Waals surface area (Å²) in [5, 5.41) is 9.65. The molecule has 0 saturated carbocycles. The van der Waals surface area contributed by atoms with Crippen LogP contribution in [0.1, 0.15) is 245 Å². The molecule has 0 aromatic rings. The second-order valence-corrected chi connectivity index (χ2v) is 18.6. The van der Waals surface area contributed by atoms with Crippen LogP contribution in [0.4, 0.5) is 0 Å². The zero-order valence-electron chi connectivity index (χ0n) is 45.2. The van der Waals surface area contributed by atoms with Crippen molar-refractivity contribution in [1.29, 1.82) is 0 Å². The third-order valence-electron chi connectivity index (χ3n) is 11.9. The molecule has 70 heavy (non-hydrogen) atoms. The molecule has 0 radical (unpaired) electrons. The largest absolute Gasteiger partial charge is 0.462 e. The Balaban J connectivity index is 3.61. The highest BCUT2D eigenvalue weighted by Gasteiger charge is 2.16. The number of aliphatic hydroxyl groups excluding tert-OH is 1. The summed E-state index contributed by atoms with van der Waals surface area (Å²) in [4.78, 5) is 24.5. The van der Waals surface area contributed by atoms with Gasteiger partial charge in [-0.1, -0.05) is 250 Å². The number of aliphatic hydroxyl groups is 1. The maximum Gasteiger partial charge on any atom is 0.306 e. The van der Waals surface area contributed by atoms with Gasteiger partial charge in [0.1, 0.15) is 6.61 Å². The van der Waals surface area contributed by atoms with Crippen LogP contribution in [0.3, 0.4) is 0 Å². The molecule has 1 atom stereocenters. The van der Waals surface area contributed by atoms with Gasteiger partial charge in [-0.2, -0.15) is 0 Å². The molecule has 1 unspecified atom stereocenters. The van der Waals surface area contributed by atoms with Gasteiger partial charge < -0.3 is 14.6 Å². The number of hydrogen-bond acceptors (Lipinski definition) is 5. The van der Waals surface area contributed by atoms with Gasteiger partial charge in [-0.05, 0) is 116 Å². The van der Waals surface area contributed by atoms with E-state index in [9.17, 15) is 14.7 Å². The van der Waals surface area contributed by atoms with Gasteiger partial charge in [0.15, 0.2) is 6.10 Å². The Bertz CT molecular complexity index is 1470. The number of rotatable bonds is 51. The van der Waals surface area contributed by atoms with Crippen LogP contribution in [-0.4, -0.2) is 36.4 Å². The van der Waals surface area contributed by atoms with E-state index in [1.165, 1.54) is 109 Å². The van der Waals surface area contributed by atoms with Crippen LogP contribution in [0.2, 0.25) is 0 Å². The molecule has 5 nitrogen and oxygen atoms in total. The smallest absolute Gasteiger partial charge is 0.306 e. The first kappa shape index (κ1) is 66.0. The van der Waals surface area contributed by atoms with Crippen molar-refractivity contribution in [2.24, 2.45) is 0 Å². The second kappa shape index (κ2) is 59.3. The molecule has 0 aliphatic heterocycles. The van der Waals surface area contributed by atoms with Crippen LogP contribution in [0.15, 0.2) is 134 Å². The third-order valence-corrected chi connectivity index (χ3v) is 11.9. The van der Waals surface area contributed by atoms with E-state index in [1.54, 1.807) is 0 Å². The van der Waals surface area contributed by atoms with Crippen LogP contribution in [0.25, 0.3) is 0 Å². The topological polar surface area (TPSA) is 72.8 Å². The first-order valence-electron chi connectivity index (χ1n) is 28.7. The van der Waals surface area contributed by atoms with Gasteiger partial charge in [0.2, 0.25) is 0 Å². The summed E-state index contributed by atoms with van der Waals surface area (Å²) < 4.78 is 10.7. The minimum Gasteiger partial charge on any atom is -0.462 e. The molecule has 0 saturated heterocycles.